The Morgan fingerprint density at radius 3 is 2.00 bits per heavy atom. The van der Waals surface area contributed by atoms with Crippen LogP contribution in [0, 0.1) is 0 Å². The summed E-state index contributed by atoms with van der Waals surface area (Å²) in [5.74, 6) is 0. The SMILES string of the molecule is CC1(CO)OC2(C)C(O)CC3(C)OC4CC(OCc5ccccc5)C(C)(COCc5ccccc5)OC4(C)CC3OC2CC1O. The molecule has 4 aliphatic heterocycles. The minimum atomic E-state index is -1.21. The van der Waals surface area contributed by atoms with E-state index in [0.717, 1.165) is 11.1 Å². The zero-order valence-corrected chi connectivity index (χ0v) is 27.2. The average Bonchev–Trinajstić information content (AvgIpc) is 3.07. The van der Waals surface area contributed by atoms with Crippen molar-refractivity contribution in [2.45, 2.75) is 138 Å². The molecule has 0 radical (unpaired) electrons. The van der Waals surface area contributed by atoms with Crippen LogP contribution in [0.3, 0.4) is 0 Å². The van der Waals surface area contributed by atoms with E-state index in [-0.39, 0.29) is 31.7 Å². The third-order valence-corrected chi connectivity index (χ3v) is 10.9. The van der Waals surface area contributed by atoms with Crippen molar-refractivity contribution in [3.63, 3.8) is 0 Å². The van der Waals surface area contributed by atoms with Gasteiger partial charge in [0, 0.05) is 25.7 Å². The highest BCUT2D eigenvalue weighted by Crippen LogP contribution is 2.53. The Labute approximate surface area is 266 Å². The molecule has 248 valence electrons. The van der Waals surface area contributed by atoms with Crippen molar-refractivity contribution in [2.75, 3.05) is 13.2 Å². The lowest BCUT2D eigenvalue weighted by Gasteiger charge is -2.59. The highest BCUT2D eigenvalue weighted by molar-refractivity contribution is 5.16. The lowest BCUT2D eigenvalue weighted by Crippen LogP contribution is -2.70. The Balaban J connectivity index is 1.25. The van der Waals surface area contributed by atoms with Crippen LogP contribution >= 0.6 is 0 Å². The van der Waals surface area contributed by atoms with Crippen LogP contribution < -0.4 is 0 Å². The zero-order valence-electron chi connectivity index (χ0n) is 27.2. The number of fused-ring (bicyclic) bond motifs is 3. The number of hydrogen-bond donors (Lipinski definition) is 3. The predicted molar refractivity (Wildman–Crippen MR) is 166 cm³/mol. The molecule has 0 saturated carbocycles. The third kappa shape index (κ3) is 6.24. The molecule has 0 aliphatic carbocycles. The van der Waals surface area contributed by atoms with Gasteiger partial charge in [-0.25, -0.2) is 0 Å². The molecule has 11 atom stereocenters. The third-order valence-electron chi connectivity index (χ3n) is 10.9. The number of benzene rings is 2. The number of aliphatic hydroxyl groups excluding tert-OH is 3. The molecule has 2 aromatic carbocycles. The molecule has 3 N–H and O–H groups in total. The van der Waals surface area contributed by atoms with Crippen LogP contribution in [0.5, 0.6) is 0 Å². The van der Waals surface area contributed by atoms with Crippen molar-refractivity contribution in [2.24, 2.45) is 0 Å². The molecular weight excluding hydrogens is 576 g/mol. The Hall–Kier alpha value is -1.92. The quantitative estimate of drug-likeness (QED) is 0.399. The van der Waals surface area contributed by atoms with Gasteiger partial charge in [-0.3, -0.25) is 0 Å². The van der Waals surface area contributed by atoms with Crippen molar-refractivity contribution in [1.29, 1.82) is 0 Å². The maximum Gasteiger partial charge on any atom is 0.118 e. The Morgan fingerprint density at radius 2 is 1.36 bits per heavy atom. The van der Waals surface area contributed by atoms with Crippen molar-refractivity contribution in [3.05, 3.63) is 71.8 Å². The summed E-state index contributed by atoms with van der Waals surface area (Å²) in [5.41, 5.74) is -2.56. The van der Waals surface area contributed by atoms with E-state index < -0.39 is 52.4 Å². The monoisotopic (exact) mass is 626 g/mol. The first-order valence-corrected chi connectivity index (χ1v) is 16.3. The average molecular weight is 627 g/mol. The molecule has 4 aliphatic rings. The standard InChI is InChI=1S/C36H50O9/c1-32-18-27(39)36(5)30(16-26(38)34(3,22-37)45-36)42-31(32)19-33(2)29(43-32)17-28(41-21-25-14-10-7-11-15-25)35(4,44-33)23-40-20-24-12-8-6-9-13-24/h6-15,26-31,37-39H,16-23H2,1-5H3. The zero-order chi connectivity index (χ0) is 32.1. The first-order valence-electron chi connectivity index (χ1n) is 16.3. The van der Waals surface area contributed by atoms with Gasteiger partial charge in [0.25, 0.3) is 0 Å². The lowest BCUT2D eigenvalue weighted by molar-refractivity contribution is -0.353. The second kappa shape index (κ2) is 12.3. The molecule has 0 amide bonds. The lowest BCUT2D eigenvalue weighted by atomic mass is 9.72. The van der Waals surface area contributed by atoms with E-state index in [1.165, 1.54) is 0 Å². The molecule has 9 nitrogen and oxygen atoms in total. The van der Waals surface area contributed by atoms with Gasteiger partial charge in [0.1, 0.15) is 16.8 Å². The number of aliphatic hydroxyl groups is 3. The van der Waals surface area contributed by atoms with E-state index in [0.29, 0.717) is 32.7 Å². The summed E-state index contributed by atoms with van der Waals surface area (Å²) in [7, 11) is 0. The first-order chi connectivity index (χ1) is 21.3. The number of ether oxygens (including phenoxy) is 6. The van der Waals surface area contributed by atoms with E-state index in [9.17, 15) is 15.3 Å². The number of hydrogen-bond acceptors (Lipinski definition) is 9. The molecule has 0 spiro atoms. The minimum absolute atomic E-state index is 0.221. The molecule has 4 saturated heterocycles. The molecule has 45 heavy (non-hydrogen) atoms. The second-order valence-corrected chi connectivity index (χ2v) is 14.7. The Kier molecular flexibility index (Phi) is 9.00. The van der Waals surface area contributed by atoms with Crippen LogP contribution in [-0.2, 0) is 41.6 Å². The van der Waals surface area contributed by atoms with Crippen LogP contribution in [0.4, 0.5) is 0 Å². The summed E-state index contributed by atoms with van der Waals surface area (Å²) in [4.78, 5) is 0. The summed E-state index contributed by atoms with van der Waals surface area (Å²) < 4.78 is 40.0. The fourth-order valence-electron chi connectivity index (χ4n) is 7.86. The summed E-state index contributed by atoms with van der Waals surface area (Å²) in [5, 5.41) is 32.6. The molecule has 4 fully saturated rings. The van der Waals surface area contributed by atoms with Gasteiger partial charge in [-0.2, -0.15) is 0 Å². The van der Waals surface area contributed by atoms with Crippen molar-refractivity contribution < 1.29 is 43.7 Å². The van der Waals surface area contributed by atoms with Gasteiger partial charge < -0.3 is 43.7 Å². The summed E-state index contributed by atoms with van der Waals surface area (Å²) in [6.07, 6.45) is -2.04. The van der Waals surface area contributed by atoms with Crippen LogP contribution in [0.2, 0.25) is 0 Å². The summed E-state index contributed by atoms with van der Waals surface area (Å²) >= 11 is 0. The van der Waals surface area contributed by atoms with Gasteiger partial charge in [0.05, 0.1) is 74.3 Å². The van der Waals surface area contributed by atoms with E-state index >= 15 is 0 Å². The molecule has 6 rings (SSSR count). The van der Waals surface area contributed by atoms with Gasteiger partial charge in [0.2, 0.25) is 0 Å². The van der Waals surface area contributed by atoms with E-state index in [2.05, 4.69) is 13.8 Å². The summed E-state index contributed by atoms with van der Waals surface area (Å²) in [6.45, 7) is 10.4. The molecule has 0 bridgehead atoms. The van der Waals surface area contributed by atoms with Crippen molar-refractivity contribution in [3.8, 4) is 0 Å². The molecule has 0 aromatic heterocycles. The fraction of sp³-hybridized carbons (Fsp3) is 0.667. The van der Waals surface area contributed by atoms with Gasteiger partial charge in [0.15, 0.2) is 0 Å². The highest BCUT2D eigenvalue weighted by Gasteiger charge is 2.65. The minimum Gasteiger partial charge on any atom is -0.393 e. The van der Waals surface area contributed by atoms with Crippen LogP contribution in [-0.4, -0.2) is 93.2 Å². The van der Waals surface area contributed by atoms with Gasteiger partial charge in [-0.05, 0) is 45.7 Å². The Morgan fingerprint density at radius 1 is 0.711 bits per heavy atom. The van der Waals surface area contributed by atoms with Crippen molar-refractivity contribution in [1.82, 2.24) is 0 Å². The van der Waals surface area contributed by atoms with Crippen LogP contribution in [0.1, 0.15) is 71.4 Å². The maximum atomic E-state index is 11.6. The highest BCUT2D eigenvalue weighted by atomic mass is 16.6. The van der Waals surface area contributed by atoms with E-state index in [4.69, 9.17) is 28.4 Å². The molecule has 11 unspecified atom stereocenters. The molecule has 2 aromatic rings. The second-order valence-electron chi connectivity index (χ2n) is 14.7. The summed E-state index contributed by atoms with van der Waals surface area (Å²) in [6, 6.07) is 20.2. The Bertz CT molecular complexity index is 1300. The van der Waals surface area contributed by atoms with Crippen molar-refractivity contribution >= 4 is 0 Å². The fourth-order valence-corrected chi connectivity index (χ4v) is 7.86. The van der Waals surface area contributed by atoms with Gasteiger partial charge in [-0.1, -0.05) is 60.7 Å². The van der Waals surface area contributed by atoms with E-state index in [1.54, 1.807) is 6.92 Å². The molecular formula is C36H50O9. The van der Waals surface area contributed by atoms with E-state index in [1.807, 2.05) is 74.5 Å². The van der Waals surface area contributed by atoms with Gasteiger partial charge >= 0.3 is 0 Å². The smallest absolute Gasteiger partial charge is 0.118 e. The first kappa shape index (κ1) is 33.0. The van der Waals surface area contributed by atoms with Gasteiger partial charge in [-0.15, -0.1) is 0 Å². The number of rotatable bonds is 8. The topological polar surface area (TPSA) is 116 Å². The van der Waals surface area contributed by atoms with Crippen LogP contribution in [0.25, 0.3) is 0 Å². The molecule has 9 heteroatoms. The van der Waals surface area contributed by atoms with Crippen LogP contribution in [0.15, 0.2) is 60.7 Å². The predicted octanol–water partition coefficient (Wildman–Crippen LogP) is 4.08. The normalized spacial score (nSPS) is 44.7. The maximum absolute atomic E-state index is 11.6. The largest absolute Gasteiger partial charge is 0.393 e. The molecule has 4 heterocycles.